The van der Waals surface area contributed by atoms with E-state index in [9.17, 15) is 14.9 Å². The minimum absolute atomic E-state index is 0.0320. The van der Waals surface area contributed by atoms with Crippen molar-refractivity contribution in [2.75, 3.05) is 5.32 Å². The average Bonchev–Trinajstić information content (AvgIpc) is 3.04. The highest BCUT2D eigenvalue weighted by Gasteiger charge is 2.23. The molecule has 3 rings (SSSR count). The van der Waals surface area contributed by atoms with Crippen molar-refractivity contribution in [1.29, 1.82) is 0 Å². The number of nitrogens with zero attached hydrogens (tertiary/aromatic N) is 2. The molecule has 0 spiro atoms. The average molecular weight is 367 g/mol. The Hall–Kier alpha value is -3.06. The van der Waals surface area contributed by atoms with Crippen LogP contribution in [0.5, 0.6) is 0 Å². The number of hydrogen-bond donors (Lipinski definition) is 1. The second-order valence-electron chi connectivity index (χ2n) is 5.69. The van der Waals surface area contributed by atoms with Crippen LogP contribution in [0.15, 0.2) is 48.5 Å². The molecule has 0 aliphatic heterocycles. The van der Waals surface area contributed by atoms with Gasteiger partial charge in [-0.05, 0) is 19.4 Å². The van der Waals surface area contributed by atoms with Crippen LogP contribution in [0.2, 0.25) is 0 Å². The van der Waals surface area contributed by atoms with Crippen LogP contribution in [0, 0.1) is 17.0 Å². The largest absolute Gasteiger partial charge is 0.298 e. The molecule has 7 heteroatoms. The smallest absolute Gasteiger partial charge is 0.285 e. The van der Waals surface area contributed by atoms with Crippen molar-refractivity contribution in [3.05, 3.63) is 74.6 Å². The predicted molar refractivity (Wildman–Crippen MR) is 103 cm³/mol. The fourth-order valence-electron chi connectivity index (χ4n) is 2.72. The first-order valence-electron chi connectivity index (χ1n) is 8.11. The Kier molecular flexibility index (Phi) is 5.09. The molecular formula is C19H17N3O3S. The first kappa shape index (κ1) is 17.8. The molecule has 26 heavy (non-hydrogen) atoms. The Morgan fingerprint density at radius 2 is 1.92 bits per heavy atom. The first-order chi connectivity index (χ1) is 12.5. The summed E-state index contributed by atoms with van der Waals surface area (Å²) >= 11 is 1.38. The SMILES string of the molecule is CCc1sc(NC(=O)c2cccc(C)c2[N+](=O)[O-])nc1-c1ccccc1. The van der Waals surface area contributed by atoms with E-state index in [1.54, 1.807) is 19.1 Å². The van der Waals surface area contributed by atoms with Crippen molar-refractivity contribution in [2.24, 2.45) is 0 Å². The number of benzene rings is 2. The molecule has 1 N–H and O–H groups in total. The molecule has 6 nitrogen and oxygen atoms in total. The number of aryl methyl sites for hydroxylation is 2. The molecule has 0 fully saturated rings. The van der Waals surface area contributed by atoms with E-state index in [1.165, 1.54) is 17.4 Å². The number of para-hydroxylation sites is 1. The minimum atomic E-state index is -0.531. The maximum atomic E-state index is 12.6. The lowest BCUT2D eigenvalue weighted by molar-refractivity contribution is -0.385. The molecule has 1 heterocycles. The van der Waals surface area contributed by atoms with Gasteiger partial charge < -0.3 is 0 Å². The molecule has 3 aromatic rings. The van der Waals surface area contributed by atoms with Crippen molar-refractivity contribution >= 4 is 28.1 Å². The maximum absolute atomic E-state index is 12.6. The van der Waals surface area contributed by atoms with E-state index in [1.807, 2.05) is 37.3 Å². The van der Waals surface area contributed by atoms with Gasteiger partial charge >= 0.3 is 0 Å². The number of hydrogen-bond acceptors (Lipinski definition) is 5. The molecule has 0 bridgehead atoms. The zero-order chi connectivity index (χ0) is 18.7. The summed E-state index contributed by atoms with van der Waals surface area (Å²) in [6.07, 6.45) is 0.780. The Balaban J connectivity index is 1.93. The van der Waals surface area contributed by atoms with E-state index in [0.717, 1.165) is 22.6 Å². The molecule has 0 atom stereocenters. The standard InChI is InChI=1S/C19H17N3O3S/c1-3-15-16(13-9-5-4-6-10-13)20-19(26-15)21-18(23)14-11-7-8-12(2)17(14)22(24)25/h4-11H,3H2,1-2H3,(H,20,21,23). The van der Waals surface area contributed by atoms with Crippen LogP contribution in [0.3, 0.4) is 0 Å². The summed E-state index contributed by atoms with van der Waals surface area (Å²) in [5.41, 5.74) is 2.10. The second kappa shape index (κ2) is 7.45. The van der Waals surface area contributed by atoms with E-state index < -0.39 is 10.8 Å². The summed E-state index contributed by atoms with van der Waals surface area (Å²) < 4.78 is 0. The lowest BCUT2D eigenvalue weighted by Crippen LogP contribution is -2.14. The van der Waals surface area contributed by atoms with Gasteiger partial charge in [0.05, 0.1) is 10.6 Å². The maximum Gasteiger partial charge on any atom is 0.285 e. The molecule has 132 valence electrons. The molecule has 0 unspecified atom stereocenters. The monoisotopic (exact) mass is 367 g/mol. The molecule has 1 amide bonds. The summed E-state index contributed by atoms with van der Waals surface area (Å²) in [7, 11) is 0. The van der Waals surface area contributed by atoms with Crippen LogP contribution in [-0.4, -0.2) is 15.8 Å². The van der Waals surface area contributed by atoms with Crippen LogP contribution in [0.25, 0.3) is 11.3 Å². The van der Waals surface area contributed by atoms with Gasteiger partial charge in [0.2, 0.25) is 0 Å². The highest BCUT2D eigenvalue weighted by molar-refractivity contribution is 7.16. The second-order valence-corrected chi connectivity index (χ2v) is 6.78. The molecular weight excluding hydrogens is 350 g/mol. The van der Waals surface area contributed by atoms with Crippen LogP contribution >= 0.6 is 11.3 Å². The third kappa shape index (κ3) is 3.48. The van der Waals surface area contributed by atoms with Crippen molar-refractivity contribution in [2.45, 2.75) is 20.3 Å². The van der Waals surface area contributed by atoms with Gasteiger partial charge in [0.15, 0.2) is 5.13 Å². The highest BCUT2D eigenvalue weighted by atomic mass is 32.1. The highest BCUT2D eigenvalue weighted by Crippen LogP contribution is 2.32. The Morgan fingerprint density at radius 3 is 2.58 bits per heavy atom. The van der Waals surface area contributed by atoms with Gasteiger partial charge in [0.1, 0.15) is 5.56 Å². The van der Waals surface area contributed by atoms with Crippen molar-refractivity contribution in [3.63, 3.8) is 0 Å². The number of nitro groups is 1. The summed E-state index contributed by atoms with van der Waals surface area (Å²) in [4.78, 5) is 28.9. The molecule has 2 aromatic carbocycles. The van der Waals surface area contributed by atoms with Crippen molar-refractivity contribution in [3.8, 4) is 11.3 Å². The zero-order valence-corrected chi connectivity index (χ0v) is 15.2. The number of carbonyl (C=O) groups is 1. The molecule has 0 aliphatic rings. The summed E-state index contributed by atoms with van der Waals surface area (Å²) in [5.74, 6) is -0.531. The number of amides is 1. The number of aromatic nitrogens is 1. The normalized spacial score (nSPS) is 10.5. The van der Waals surface area contributed by atoms with E-state index in [-0.39, 0.29) is 11.3 Å². The van der Waals surface area contributed by atoms with Crippen molar-refractivity contribution < 1.29 is 9.72 Å². The summed E-state index contributed by atoms with van der Waals surface area (Å²) in [6, 6.07) is 14.4. The Labute approximate surface area is 154 Å². The fourth-order valence-corrected chi connectivity index (χ4v) is 3.63. The van der Waals surface area contributed by atoms with E-state index in [4.69, 9.17) is 0 Å². The Morgan fingerprint density at radius 1 is 1.19 bits per heavy atom. The van der Waals surface area contributed by atoms with Gasteiger partial charge in [0.25, 0.3) is 11.6 Å². The lowest BCUT2D eigenvalue weighted by atomic mass is 10.1. The van der Waals surface area contributed by atoms with Crippen LogP contribution in [0.1, 0.15) is 27.7 Å². The molecule has 0 saturated carbocycles. The lowest BCUT2D eigenvalue weighted by Gasteiger charge is -2.05. The van der Waals surface area contributed by atoms with Gasteiger partial charge in [-0.15, -0.1) is 11.3 Å². The van der Waals surface area contributed by atoms with Crippen molar-refractivity contribution in [1.82, 2.24) is 4.98 Å². The number of carbonyl (C=O) groups excluding carboxylic acids is 1. The molecule has 0 radical (unpaired) electrons. The number of rotatable bonds is 5. The van der Waals surface area contributed by atoms with E-state index >= 15 is 0 Å². The van der Waals surface area contributed by atoms with Gasteiger partial charge in [-0.2, -0.15) is 0 Å². The van der Waals surface area contributed by atoms with E-state index in [2.05, 4.69) is 10.3 Å². The number of anilines is 1. The number of thiazole rings is 1. The van der Waals surface area contributed by atoms with Crippen LogP contribution in [-0.2, 0) is 6.42 Å². The number of nitro benzene ring substituents is 1. The van der Waals surface area contributed by atoms with Gasteiger partial charge in [-0.3, -0.25) is 20.2 Å². The van der Waals surface area contributed by atoms with Crippen LogP contribution in [0.4, 0.5) is 10.8 Å². The first-order valence-corrected chi connectivity index (χ1v) is 8.93. The predicted octanol–water partition coefficient (Wildman–Crippen LogP) is 4.84. The quantitative estimate of drug-likeness (QED) is 0.516. The van der Waals surface area contributed by atoms with Gasteiger partial charge in [-0.1, -0.05) is 49.4 Å². The van der Waals surface area contributed by atoms with Gasteiger partial charge in [0, 0.05) is 16.0 Å². The van der Waals surface area contributed by atoms with Crippen LogP contribution < -0.4 is 5.32 Å². The van der Waals surface area contributed by atoms with E-state index in [0.29, 0.717) is 10.7 Å². The Bertz CT molecular complexity index is 967. The zero-order valence-electron chi connectivity index (χ0n) is 14.4. The number of nitrogens with one attached hydrogen (secondary N) is 1. The summed E-state index contributed by atoms with van der Waals surface area (Å²) in [5, 5.41) is 14.4. The minimum Gasteiger partial charge on any atom is -0.298 e. The molecule has 0 saturated heterocycles. The molecule has 0 aliphatic carbocycles. The third-order valence-corrected chi connectivity index (χ3v) is 5.07. The fraction of sp³-hybridized carbons (Fsp3) is 0.158. The van der Waals surface area contributed by atoms with Gasteiger partial charge in [-0.25, -0.2) is 4.98 Å². The third-order valence-electron chi connectivity index (χ3n) is 3.95. The topological polar surface area (TPSA) is 85.1 Å². The molecule has 1 aromatic heterocycles. The summed E-state index contributed by atoms with van der Waals surface area (Å²) in [6.45, 7) is 3.64.